The van der Waals surface area contributed by atoms with Crippen LogP contribution in [0.2, 0.25) is 0 Å². The number of aromatic nitrogens is 6. The molecule has 8 aromatic rings. The Morgan fingerprint density at radius 2 is 0.625 bits per heavy atom. The topological polar surface area (TPSA) is 77.3 Å². The van der Waals surface area contributed by atoms with E-state index in [4.69, 9.17) is 29.9 Å². The van der Waals surface area contributed by atoms with Crippen molar-refractivity contribution in [2.24, 2.45) is 0 Å². The average Bonchev–Trinajstić information content (AvgIpc) is 3.19. The molecule has 0 aliphatic carbocycles. The number of nitrogens with zero attached hydrogens (tertiary/aromatic N) is 6. The molecule has 4 heterocycles. The molecule has 6 heteroatoms. The summed E-state index contributed by atoms with van der Waals surface area (Å²) < 4.78 is 0. The van der Waals surface area contributed by atoms with Gasteiger partial charge in [0.2, 0.25) is 0 Å². The molecule has 4 aromatic carbocycles. The van der Waals surface area contributed by atoms with Crippen LogP contribution in [0.25, 0.3) is 79.2 Å². The Balaban J connectivity index is 1.18. The molecular weight excluding hydrogens is 589 g/mol. The van der Waals surface area contributed by atoms with E-state index >= 15 is 0 Å². The number of pyridine rings is 3. The summed E-state index contributed by atoms with van der Waals surface area (Å²) in [6.45, 7) is 0. The maximum Gasteiger partial charge on any atom is 0.165 e. The lowest BCUT2D eigenvalue weighted by molar-refractivity contribution is 1.07. The molecular formula is C42H28N6. The van der Waals surface area contributed by atoms with Gasteiger partial charge in [-0.05, 0) is 47.0 Å². The Bertz CT molecular complexity index is 2240. The molecule has 0 aliphatic heterocycles. The smallest absolute Gasteiger partial charge is 0.165 e. The summed E-state index contributed by atoms with van der Waals surface area (Å²) in [6.07, 6.45) is 3.70. The Hall–Kier alpha value is -6.66. The fourth-order valence-corrected chi connectivity index (χ4v) is 5.55. The van der Waals surface area contributed by atoms with Crippen molar-refractivity contribution in [3.63, 3.8) is 0 Å². The van der Waals surface area contributed by atoms with Crippen molar-refractivity contribution in [3.05, 3.63) is 170 Å². The van der Waals surface area contributed by atoms with Gasteiger partial charge >= 0.3 is 0 Å². The highest BCUT2D eigenvalue weighted by Gasteiger charge is 2.15. The Labute approximate surface area is 278 Å². The molecule has 4 aromatic heterocycles. The summed E-state index contributed by atoms with van der Waals surface area (Å²) in [5, 5.41) is 0. The molecule has 0 radical (unpaired) electrons. The number of rotatable bonds is 7. The molecule has 0 N–H and O–H groups in total. The fraction of sp³-hybridized carbons (Fsp3) is 0. The molecule has 0 atom stereocenters. The molecule has 48 heavy (non-hydrogen) atoms. The first-order chi connectivity index (χ1) is 23.8. The van der Waals surface area contributed by atoms with Gasteiger partial charge in [-0.3, -0.25) is 9.97 Å². The van der Waals surface area contributed by atoms with Crippen molar-refractivity contribution in [2.75, 3.05) is 0 Å². The van der Waals surface area contributed by atoms with E-state index < -0.39 is 0 Å². The van der Waals surface area contributed by atoms with Crippen LogP contribution in [0, 0.1) is 0 Å². The normalized spacial score (nSPS) is 10.9. The highest BCUT2D eigenvalue weighted by molar-refractivity contribution is 5.76. The second-order valence-corrected chi connectivity index (χ2v) is 11.3. The fourth-order valence-electron chi connectivity index (χ4n) is 5.55. The van der Waals surface area contributed by atoms with Crippen molar-refractivity contribution in [3.8, 4) is 79.2 Å². The third-order valence-corrected chi connectivity index (χ3v) is 8.05. The predicted octanol–water partition coefficient (Wildman–Crippen LogP) is 9.73. The van der Waals surface area contributed by atoms with Gasteiger partial charge in [0.15, 0.2) is 17.5 Å². The zero-order valence-corrected chi connectivity index (χ0v) is 25.8. The minimum Gasteiger partial charge on any atom is -0.254 e. The van der Waals surface area contributed by atoms with Crippen LogP contribution in [0.15, 0.2) is 170 Å². The molecule has 226 valence electrons. The number of hydrogen-bond donors (Lipinski definition) is 0. The highest BCUT2D eigenvalue weighted by atomic mass is 15.0. The number of benzene rings is 4. The largest absolute Gasteiger partial charge is 0.254 e. The average molecular weight is 617 g/mol. The third kappa shape index (κ3) is 6.10. The van der Waals surface area contributed by atoms with Crippen molar-refractivity contribution in [1.29, 1.82) is 0 Å². The molecule has 0 spiro atoms. The molecule has 0 unspecified atom stereocenters. The van der Waals surface area contributed by atoms with Gasteiger partial charge in [-0.15, -0.1) is 0 Å². The summed E-state index contributed by atoms with van der Waals surface area (Å²) in [5.74, 6) is 1.77. The SMILES string of the molecule is c1ccc(-c2ccc(-c3cc(-c4ccccc4)cc(-c4ccc(-c5nc(-c6ccccc6)nc(-c6ccccc6)n5)cn4)n3)nc2)cc1. The minimum atomic E-state index is 0.552. The summed E-state index contributed by atoms with van der Waals surface area (Å²) in [6, 6.07) is 52.7. The van der Waals surface area contributed by atoms with Crippen LogP contribution >= 0.6 is 0 Å². The molecule has 6 nitrogen and oxygen atoms in total. The van der Waals surface area contributed by atoms with Crippen LogP contribution in [0.3, 0.4) is 0 Å². The van der Waals surface area contributed by atoms with Gasteiger partial charge in [0.1, 0.15) is 0 Å². The van der Waals surface area contributed by atoms with Crippen molar-refractivity contribution >= 4 is 0 Å². The molecule has 0 saturated carbocycles. The molecule has 0 saturated heterocycles. The zero-order valence-electron chi connectivity index (χ0n) is 25.8. The van der Waals surface area contributed by atoms with Crippen LogP contribution in [0.1, 0.15) is 0 Å². The van der Waals surface area contributed by atoms with Gasteiger partial charge in [-0.1, -0.05) is 127 Å². The second kappa shape index (κ2) is 13.0. The van der Waals surface area contributed by atoms with Crippen LogP contribution in [-0.4, -0.2) is 29.9 Å². The summed E-state index contributed by atoms with van der Waals surface area (Å²) in [7, 11) is 0. The first-order valence-corrected chi connectivity index (χ1v) is 15.7. The monoisotopic (exact) mass is 616 g/mol. The lowest BCUT2D eigenvalue weighted by Crippen LogP contribution is -2.00. The van der Waals surface area contributed by atoms with E-state index in [0.29, 0.717) is 17.5 Å². The van der Waals surface area contributed by atoms with Gasteiger partial charge in [0.05, 0.1) is 22.8 Å². The maximum atomic E-state index is 5.05. The van der Waals surface area contributed by atoms with E-state index in [2.05, 4.69) is 42.5 Å². The van der Waals surface area contributed by atoms with Gasteiger partial charge in [-0.2, -0.15) is 0 Å². The Kier molecular flexibility index (Phi) is 7.79. The predicted molar refractivity (Wildman–Crippen MR) is 191 cm³/mol. The minimum absolute atomic E-state index is 0.552. The van der Waals surface area contributed by atoms with Crippen LogP contribution in [0.5, 0.6) is 0 Å². The standard InChI is InChI=1S/C42H28N6/c1-5-13-29(14-6-1)33-21-23-36(43-27-33)38-25-35(30-15-7-2-8-16-30)26-39(45-38)37-24-22-34(28-44-37)42-47-40(31-17-9-3-10-18-31)46-41(48-42)32-19-11-4-12-20-32/h1-28H. The number of hydrogen-bond acceptors (Lipinski definition) is 6. The molecule has 8 rings (SSSR count). The van der Waals surface area contributed by atoms with E-state index in [-0.39, 0.29) is 0 Å². The van der Waals surface area contributed by atoms with Crippen LogP contribution in [0.4, 0.5) is 0 Å². The summed E-state index contributed by atoms with van der Waals surface area (Å²) >= 11 is 0. The van der Waals surface area contributed by atoms with Gasteiger partial charge in [-0.25, -0.2) is 19.9 Å². The van der Waals surface area contributed by atoms with E-state index in [1.54, 1.807) is 6.20 Å². The van der Waals surface area contributed by atoms with E-state index in [0.717, 1.165) is 61.7 Å². The molecule has 0 aliphatic rings. The van der Waals surface area contributed by atoms with Crippen molar-refractivity contribution in [2.45, 2.75) is 0 Å². The lowest BCUT2D eigenvalue weighted by Gasteiger charge is -2.11. The summed E-state index contributed by atoms with van der Waals surface area (Å²) in [4.78, 5) is 29.2. The van der Waals surface area contributed by atoms with E-state index in [9.17, 15) is 0 Å². The van der Waals surface area contributed by atoms with Crippen LogP contribution < -0.4 is 0 Å². The highest BCUT2D eigenvalue weighted by Crippen LogP contribution is 2.31. The van der Waals surface area contributed by atoms with E-state index in [1.807, 2.05) is 121 Å². The Morgan fingerprint density at radius 1 is 0.250 bits per heavy atom. The third-order valence-electron chi connectivity index (χ3n) is 8.05. The lowest BCUT2D eigenvalue weighted by atomic mass is 10.0. The quantitative estimate of drug-likeness (QED) is 0.177. The van der Waals surface area contributed by atoms with Crippen molar-refractivity contribution in [1.82, 2.24) is 29.9 Å². The Morgan fingerprint density at radius 3 is 1.04 bits per heavy atom. The van der Waals surface area contributed by atoms with Crippen LogP contribution in [-0.2, 0) is 0 Å². The van der Waals surface area contributed by atoms with Gasteiger partial charge in [0.25, 0.3) is 0 Å². The zero-order chi connectivity index (χ0) is 32.1. The first kappa shape index (κ1) is 28.8. The second-order valence-electron chi connectivity index (χ2n) is 11.3. The first-order valence-electron chi connectivity index (χ1n) is 15.7. The maximum absolute atomic E-state index is 5.05. The molecule has 0 fully saturated rings. The summed E-state index contributed by atoms with van der Waals surface area (Å²) in [5.41, 5.74) is 9.97. The van der Waals surface area contributed by atoms with Gasteiger partial charge < -0.3 is 0 Å². The molecule has 0 bridgehead atoms. The van der Waals surface area contributed by atoms with Crippen molar-refractivity contribution < 1.29 is 0 Å². The van der Waals surface area contributed by atoms with E-state index in [1.165, 1.54) is 0 Å². The van der Waals surface area contributed by atoms with Gasteiger partial charge in [0, 0.05) is 34.6 Å². The molecule has 0 amide bonds.